The van der Waals surface area contributed by atoms with Gasteiger partial charge < -0.3 is 9.73 Å². The summed E-state index contributed by atoms with van der Waals surface area (Å²) in [5.41, 5.74) is 0. The predicted molar refractivity (Wildman–Crippen MR) is 74.3 cm³/mol. The number of hydrogen-bond acceptors (Lipinski definition) is 7. The average Bonchev–Trinajstić information content (AvgIpc) is 3.09. The molecular formula is C11H10BrN7O. The number of nitrogens with one attached hydrogen (secondary N) is 1. The van der Waals surface area contributed by atoms with E-state index in [0.29, 0.717) is 30.0 Å². The highest BCUT2D eigenvalue weighted by molar-refractivity contribution is 9.10. The van der Waals surface area contributed by atoms with Crippen molar-refractivity contribution in [3.8, 4) is 17.5 Å². The van der Waals surface area contributed by atoms with Crippen molar-refractivity contribution in [1.29, 1.82) is 0 Å². The first-order chi connectivity index (χ1) is 9.78. The van der Waals surface area contributed by atoms with E-state index in [9.17, 15) is 0 Å². The lowest BCUT2D eigenvalue weighted by Crippen LogP contribution is -2.10. The molecule has 3 aromatic heterocycles. The van der Waals surface area contributed by atoms with Crippen LogP contribution in [-0.4, -0.2) is 36.3 Å². The first kappa shape index (κ1) is 12.7. The Morgan fingerprint density at radius 2 is 2.25 bits per heavy atom. The fraction of sp³-hybridized carbons (Fsp3) is 0.182. The van der Waals surface area contributed by atoms with E-state index in [0.717, 1.165) is 4.47 Å². The van der Waals surface area contributed by atoms with Crippen LogP contribution < -0.4 is 5.32 Å². The van der Waals surface area contributed by atoms with Crippen LogP contribution in [0, 0.1) is 0 Å². The summed E-state index contributed by atoms with van der Waals surface area (Å²) in [4.78, 5) is 16.8. The molecule has 0 fully saturated rings. The zero-order valence-corrected chi connectivity index (χ0v) is 12.1. The Morgan fingerprint density at radius 1 is 1.35 bits per heavy atom. The molecule has 8 nitrogen and oxygen atoms in total. The van der Waals surface area contributed by atoms with Crippen molar-refractivity contribution < 1.29 is 4.42 Å². The molecule has 3 heterocycles. The van der Waals surface area contributed by atoms with E-state index < -0.39 is 0 Å². The van der Waals surface area contributed by atoms with Crippen molar-refractivity contribution in [2.75, 3.05) is 11.9 Å². The minimum Gasteiger partial charge on any atom is -0.460 e. The van der Waals surface area contributed by atoms with Crippen LogP contribution in [0.3, 0.4) is 0 Å². The molecule has 0 saturated carbocycles. The highest BCUT2D eigenvalue weighted by atomic mass is 79.9. The van der Waals surface area contributed by atoms with E-state index in [2.05, 4.69) is 46.3 Å². The topological polar surface area (TPSA) is 94.6 Å². The third-order valence-electron chi connectivity index (χ3n) is 2.40. The van der Waals surface area contributed by atoms with Crippen LogP contribution in [0.25, 0.3) is 17.5 Å². The van der Waals surface area contributed by atoms with Gasteiger partial charge in [0, 0.05) is 6.54 Å². The molecule has 0 amide bonds. The van der Waals surface area contributed by atoms with Gasteiger partial charge in [-0.2, -0.15) is 24.7 Å². The molecule has 0 unspecified atom stereocenters. The van der Waals surface area contributed by atoms with Gasteiger partial charge in [0.15, 0.2) is 5.76 Å². The van der Waals surface area contributed by atoms with E-state index in [4.69, 9.17) is 4.42 Å². The summed E-state index contributed by atoms with van der Waals surface area (Å²) in [6.45, 7) is 2.65. The van der Waals surface area contributed by atoms with Gasteiger partial charge in [0.05, 0.1) is 10.7 Å². The SMILES string of the molecule is CCNc1nc(-c2occc2Br)nc(-n2cncn2)n1. The van der Waals surface area contributed by atoms with Crippen LogP contribution in [0.4, 0.5) is 5.95 Å². The lowest BCUT2D eigenvalue weighted by molar-refractivity contribution is 0.575. The fourth-order valence-corrected chi connectivity index (χ4v) is 1.95. The first-order valence-electron chi connectivity index (χ1n) is 5.86. The van der Waals surface area contributed by atoms with Crippen LogP contribution >= 0.6 is 15.9 Å². The molecule has 1 N–H and O–H groups in total. The minimum absolute atomic E-state index is 0.367. The molecule has 0 atom stereocenters. The molecule has 0 aliphatic rings. The fourth-order valence-electron chi connectivity index (χ4n) is 1.57. The Morgan fingerprint density at radius 3 is 2.90 bits per heavy atom. The Labute approximate surface area is 122 Å². The van der Waals surface area contributed by atoms with Gasteiger partial charge in [0.2, 0.25) is 11.8 Å². The smallest absolute Gasteiger partial charge is 0.257 e. The molecule has 0 aliphatic heterocycles. The summed E-state index contributed by atoms with van der Waals surface area (Å²) < 4.78 is 7.62. The molecular weight excluding hydrogens is 326 g/mol. The third-order valence-corrected chi connectivity index (χ3v) is 3.03. The molecule has 3 rings (SSSR count). The Hall–Kier alpha value is -2.29. The molecule has 0 saturated heterocycles. The number of anilines is 1. The average molecular weight is 336 g/mol. The number of hydrogen-bond donors (Lipinski definition) is 1. The lowest BCUT2D eigenvalue weighted by atomic mass is 10.4. The third kappa shape index (κ3) is 2.39. The van der Waals surface area contributed by atoms with Crippen LogP contribution in [-0.2, 0) is 0 Å². The summed E-state index contributed by atoms with van der Waals surface area (Å²) in [5, 5.41) is 7.07. The van der Waals surface area contributed by atoms with Crippen molar-refractivity contribution in [3.05, 3.63) is 29.5 Å². The zero-order chi connectivity index (χ0) is 13.9. The van der Waals surface area contributed by atoms with Crippen molar-refractivity contribution in [2.45, 2.75) is 6.92 Å². The summed E-state index contributed by atoms with van der Waals surface area (Å²) in [7, 11) is 0. The van der Waals surface area contributed by atoms with Gasteiger partial charge in [-0.15, -0.1) is 0 Å². The summed E-state index contributed by atoms with van der Waals surface area (Å²) in [6, 6.07) is 1.78. The van der Waals surface area contributed by atoms with Gasteiger partial charge in [-0.1, -0.05) is 0 Å². The molecule has 0 aromatic carbocycles. The van der Waals surface area contributed by atoms with Gasteiger partial charge >= 0.3 is 0 Å². The second kappa shape index (κ2) is 5.37. The van der Waals surface area contributed by atoms with E-state index in [1.165, 1.54) is 17.3 Å². The maximum absolute atomic E-state index is 5.38. The number of rotatable bonds is 4. The largest absolute Gasteiger partial charge is 0.460 e. The molecule has 102 valence electrons. The van der Waals surface area contributed by atoms with Crippen LogP contribution in [0.5, 0.6) is 0 Å². The van der Waals surface area contributed by atoms with Crippen molar-refractivity contribution in [3.63, 3.8) is 0 Å². The van der Waals surface area contributed by atoms with Gasteiger partial charge in [0.25, 0.3) is 5.95 Å². The Bertz CT molecular complexity index is 709. The minimum atomic E-state index is 0.367. The quantitative estimate of drug-likeness (QED) is 0.777. The van der Waals surface area contributed by atoms with Crippen molar-refractivity contribution in [1.82, 2.24) is 29.7 Å². The highest BCUT2D eigenvalue weighted by Crippen LogP contribution is 2.27. The molecule has 9 heteroatoms. The maximum atomic E-state index is 5.38. The zero-order valence-electron chi connectivity index (χ0n) is 10.5. The summed E-state index contributed by atoms with van der Waals surface area (Å²) in [5.74, 6) is 1.77. The van der Waals surface area contributed by atoms with Crippen molar-refractivity contribution >= 4 is 21.9 Å². The van der Waals surface area contributed by atoms with Gasteiger partial charge in [-0.3, -0.25) is 0 Å². The van der Waals surface area contributed by atoms with Crippen LogP contribution in [0.1, 0.15) is 6.92 Å². The van der Waals surface area contributed by atoms with Crippen LogP contribution in [0.2, 0.25) is 0 Å². The monoisotopic (exact) mass is 335 g/mol. The second-order valence-corrected chi connectivity index (χ2v) is 4.61. The number of nitrogens with zero attached hydrogens (tertiary/aromatic N) is 6. The van der Waals surface area contributed by atoms with E-state index >= 15 is 0 Å². The highest BCUT2D eigenvalue weighted by Gasteiger charge is 2.15. The number of halogens is 1. The van der Waals surface area contributed by atoms with Crippen molar-refractivity contribution in [2.24, 2.45) is 0 Å². The van der Waals surface area contributed by atoms with E-state index in [-0.39, 0.29) is 0 Å². The Kier molecular flexibility index (Phi) is 3.42. The first-order valence-corrected chi connectivity index (χ1v) is 6.65. The molecule has 0 aliphatic carbocycles. The second-order valence-electron chi connectivity index (χ2n) is 3.75. The lowest BCUT2D eigenvalue weighted by Gasteiger charge is -2.06. The molecule has 3 aromatic rings. The maximum Gasteiger partial charge on any atom is 0.257 e. The van der Waals surface area contributed by atoms with Gasteiger partial charge in [-0.25, -0.2) is 4.98 Å². The number of furan rings is 1. The number of aromatic nitrogens is 6. The normalized spacial score (nSPS) is 10.7. The summed E-state index contributed by atoms with van der Waals surface area (Å²) >= 11 is 3.39. The standard InChI is InChI=1S/C11H10BrN7O/c1-2-14-10-16-9(8-7(12)3-4-20-8)17-11(18-10)19-6-13-5-15-19/h3-6H,2H2,1H3,(H,14,16,17,18). The van der Waals surface area contributed by atoms with Gasteiger partial charge in [0.1, 0.15) is 12.7 Å². The van der Waals surface area contributed by atoms with E-state index in [1.807, 2.05) is 6.92 Å². The molecule has 20 heavy (non-hydrogen) atoms. The predicted octanol–water partition coefficient (Wildman–Crippen LogP) is 1.91. The van der Waals surface area contributed by atoms with Crippen LogP contribution in [0.15, 0.2) is 33.9 Å². The van der Waals surface area contributed by atoms with E-state index in [1.54, 1.807) is 12.3 Å². The molecule has 0 spiro atoms. The molecule has 0 radical (unpaired) electrons. The molecule has 0 bridgehead atoms. The van der Waals surface area contributed by atoms with Gasteiger partial charge in [-0.05, 0) is 28.9 Å². The Balaban J connectivity index is 2.12. The summed E-state index contributed by atoms with van der Waals surface area (Å²) in [6.07, 6.45) is 4.50.